The molecule has 17 heavy (non-hydrogen) atoms. The number of aromatic amines is 1. The van der Waals surface area contributed by atoms with Crippen molar-refractivity contribution < 1.29 is 9.13 Å². The Bertz CT molecular complexity index is 643. The van der Waals surface area contributed by atoms with Gasteiger partial charge in [-0.25, -0.2) is 4.39 Å². The summed E-state index contributed by atoms with van der Waals surface area (Å²) in [6.07, 6.45) is 1.88. The van der Waals surface area contributed by atoms with E-state index in [1.807, 2.05) is 30.5 Å². The quantitative estimate of drug-likeness (QED) is 0.700. The molecule has 0 aliphatic carbocycles. The second-order valence-corrected chi connectivity index (χ2v) is 3.78. The second kappa shape index (κ2) is 3.94. The van der Waals surface area contributed by atoms with Gasteiger partial charge < -0.3 is 9.72 Å². The maximum absolute atomic E-state index is 12.7. The molecule has 0 amide bonds. The first-order valence-corrected chi connectivity index (χ1v) is 5.32. The van der Waals surface area contributed by atoms with E-state index in [1.54, 1.807) is 12.1 Å². The number of ether oxygens (including phenoxy) is 1. The molecule has 0 unspecified atom stereocenters. The molecule has 0 saturated heterocycles. The summed E-state index contributed by atoms with van der Waals surface area (Å²) in [5.74, 6) is 1.08. The lowest BCUT2D eigenvalue weighted by molar-refractivity contribution is 0.481. The van der Waals surface area contributed by atoms with Crippen LogP contribution in [0.15, 0.2) is 54.7 Å². The predicted molar refractivity (Wildman–Crippen MR) is 64.8 cm³/mol. The van der Waals surface area contributed by atoms with Crippen molar-refractivity contribution in [2.75, 3.05) is 0 Å². The van der Waals surface area contributed by atoms with Crippen LogP contribution in [-0.2, 0) is 0 Å². The summed E-state index contributed by atoms with van der Waals surface area (Å²) in [6, 6.07) is 13.7. The van der Waals surface area contributed by atoms with Crippen molar-refractivity contribution >= 4 is 10.9 Å². The van der Waals surface area contributed by atoms with E-state index >= 15 is 0 Å². The van der Waals surface area contributed by atoms with Gasteiger partial charge in [0.2, 0.25) is 0 Å². The van der Waals surface area contributed by atoms with Crippen LogP contribution >= 0.6 is 0 Å². The Labute approximate surface area is 97.7 Å². The van der Waals surface area contributed by atoms with Crippen molar-refractivity contribution in [2.45, 2.75) is 0 Å². The minimum atomic E-state index is -0.267. The molecular formula is C14H10FNO. The number of hydrogen-bond acceptors (Lipinski definition) is 1. The molecule has 3 aromatic rings. The zero-order valence-corrected chi connectivity index (χ0v) is 8.98. The first-order valence-electron chi connectivity index (χ1n) is 5.32. The van der Waals surface area contributed by atoms with Gasteiger partial charge in [-0.05, 0) is 47.9 Å². The van der Waals surface area contributed by atoms with Crippen molar-refractivity contribution in [1.82, 2.24) is 4.98 Å². The van der Waals surface area contributed by atoms with Crippen LogP contribution < -0.4 is 4.74 Å². The monoisotopic (exact) mass is 227 g/mol. The van der Waals surface area contributed by atoms with Crippen molar-refractivity contribution in [3.63, 3.8) is 0 Å². The number of benzene rings is 2. The molecule has 0 atom stereocenters. The van der Waals surface area contributed by atoms with Crippen LogP contribution in [0.3, 0.4) is 0 Å². The molecule has 2 aromatic carbocycles. The van der Waals surface area contributed by atoms with Crippen molar-refractivity contribution in [2.24, 2.45) is 0 Å². The molecule has 1 N–H and O–H groups in total. The third-order valence-corrected chi connectivity index (χ3v) is 2.58. The lowest BCUT2D eigenvalue weighted by Crippen LogP contribution is -1.84. The van der Waals surface area contributed by atoms with Gasteiger partial charge in [-0.15, -0.1) is 0 Å². The van der Waals surface area contributed by atoms with Crippen molar-refractivity contribution in [3.8, 4) is 11.5 Å². The number of rotatable bonds is 2. The van der Waals surface area contributed by atoms with E-state index in [1.165, 1.54) is 12.1 Å². The van der Waals surface area contributed by atoms with Gasteiger partial charge in [-0.2, -0.15) is 0 Å². The van der Waals surface area contributed by atoms with Gasteiger partial charge in [-0.1, -0.05) is 0 Å². The second-order valence-electron chi connectivity index (χ2n) is 3.78. The molecule has 0 fully saturated rings. The van der Waals surface area contributed by atoms with E-state index in [-0.39, 0.29) is 5.82 Å². The molecule has 84 valence electrons. The normalized spacial score (nSPS) is 10.6. The van der Waals surface area contributed by atoms with E-state index in [4.69, 9.17) is 4.74 Å². The van der Waals surface area contributed by atoms with Crippen LogP contribution in [0.25, 0.3) is 10.9 Å². The van der Waals surface area contributed by atoms with Crippen LogP contribution in [0.5, 0.6) is 11.5 Å². The zero-order chi connectivity index (χ0) is 11.7. The van der Waals surface area contributed by atoms with Gasteiger partial charge in [0.15, 0.2) is 0 Å². The van der Waals surface area contributed by atoms with Crippen LogP contribution in [0.1, 0.15) is 0 Å². The summed E-state index contributed by atoms with van der Waals surface area (Å²) >= 11 is 0. The summed E-state index contributed by atoms with van der Waals surface area (Å²) in [7, 11) is 0. The fraction of sp³-hybridized carbons (Fsp3) is 0. The number of halogens is 1. The molecule has 0 saturated carbocycles. The number of fused-ring (bicyclic) bond motifs is 1. The highest BCUT2D eigenvalue weighted by Crippen LogP contribution is 2.24. The summed E-state index contributed by atoms with van der Waals surface area (Å²) < 4.78 is 18.4. The van der Waals surface area contributed by atoms with Crippen LogP contribution in [0, 0.1) is 5.82 Å². The fourth-order valence-electron chi connectivity index (χ4n) is 1.73. The Kier molecular flexibility index (Phi) is 2.29. The number of nitrogens with one attached hydrogen (secondary N) is 1. The Morgan fingerprint density at radius 2 is 1.65 bits per heavy atom. The van der Waals surface area contributed by atoms with E-state index < -0.39 is 0 Å². The maximum atomic E-state index is 12.7. The number of H-pyrrole nitrogens is 1. The summed E-state index contributed by atoms with van der Waals surface area (Å²) in [5.41, 5.74) is 1.02. The van der Waals surface area contributed by atoms with Crippen LogP contribution in [0.2, 0.25) is 0 Å². The predicted octanol–water partition coefficient (Wildman–Crippen LogP) is 4.10. The highest BCUT2D eigenvalue weighted by atomic mass is 19.1. The average Bonchev–Trinajstić information content (AvgIpc) is 2.79. The van der Waals surface area contributed by atoms with Crippen molar-refractivity contribution in [1.29, 1.82) is 0 Å². The highest BCUT2D eigenvalue weighted by Gasteiger charge is 2.00. The zero-order valence-electron chi connectivity index (χ0n) is 8.98. The molecule has 0 aliphatic heterocycles. The molecule has 3 heteroatoms. The molecule has 1 heterocycles. The first-order chi connectivity index (χ1) is 8.31. The van der Waals surface area contributed by atoms with E-state index in [0.29, 0.717) is 5.75 Å². The molecule has 1 aromatic heterocycles. The van der Waals surface area contributed by atoms with Crippen molar-refractivity contribution in [3.05, 3.63) is 60.5 Å². The summed E-state index contributed by atoms with van der Waals surface area (Å²) in [6.45, 7) is 0. The molecule has 0 bridgehead atoms. The third kappa shape index (κ3) is 1.99. The topological polar surface area (TPSA) is 25.0 Å². The SMILES string of the molecule is Fc1ccc(Oc2ccc3cc[nH]c3c2)cc1. The average molecular weight is 227 g/mol. The molecule has 0 aliphatic rings. The van der Waals surface area contributed by atoms with Gasteiger partial charge in [0, 0.05) is 17.8 Å². The van der Waals surface area contributed by atoms with Crippen LogP contribution in [-0.4, -0.2) is 4.98 Å². The Balaban J connectivity index is 1.91. The van der Waals surface area contributed by atoms with E-state index in [0.717, 1.165) is 16.7 Å². The van der Waals surface area contributed by atoms with E-state index in [9.17, 15) is 4.39 Å². The maximum Gasteiger partial charge on any atom is 0.129 e. The summed E-state index contributed by atoms with van der Waals surface area (Å²) in [5, 5.41) is 1.14. The molecule has 3 rings (SSSR count). The van der Waals surface area contributed by atoms with E-state index in [2.05, 4.69) is 4.98 Å². The van der Waals surface area contributed by atoms with Gasteiger partial charge in [0.1, 0.15) is 17.3 Å². The molecular weight excluding hydrogens is 217 g/mol. The van der Waals surface area contributed by atoms with Crippen LogP contribution in [0.4, 0.5) is 4.39 Å². The molecule has 2 nitrogen and oxygen atoms in total. The minimum Gasteiger partial charge on any atom is -0.457 e. The largest absolute Gasteiger partial charge is 0.457 e. The smallest absolute Gasteiger partial charge is 0.129 e. The highest BCUT2D eigenvalue weighted by molar-refractivity contribution is 5.80. The number of hydrogen-bond donors (Lipinski definition) is 1. The fourth-order valence-corrected chi connectivity index (χ4v) is 1.73. The van der Waals surface area contributed by atoms with Gasteiger partial charge >= 0.3 is 0 Å². The first kappa shape index (κ1) is 9.90. The Hall–Kier alpha value is -2.29. The minimum absolute atomic E-state index is 0.267. The van der Waals surface area contributed by atoms with Gasteiger partial charge in [-0.3, -0.25) is 0 Å². The Morgan fingerprint density at radius 3 is 2.47 bits per heavy atom. The number of aromatic nitrogens is 1. The summed E-state index contributed by atoms with van der Waals surface area (Å²) in [4.78, 5) is 3.11. The molecule has 0 radical (unpaired) electrons. The van der Waals surface area contributed by atoms with Gasteiger partial charge in [0.25, 0.3) is 0 Å². The third-order valence-electron chi connectivity index (χ3n) is 2.58. The Morgan fingerprint density at radius 1 is 0.882 bits per heavy atom. The lowest BCUT2D eigenvalue weighted by atomic mass is 10.2. The standard InChI is InChI=1S/C14H10FNO/c15-11-2-5-12(6-3-11)17-13-4-1-10-7-8-16-14(10)9-13/h1-9,16H. The van der Waals surface area contributed by atoms with Gasteiger partial charge in [0.05, 0.1) is 0 Å². The molecule has 0 spiro atoms. The lowest BCUT2D eigenvalue weighted by Gasteiger charge is -2.05.